The van der Waals surface area contributed by atoms with Crippen molar-refractivity contribution in [3.63, 3.8) is 0 Å². The van der Waals surface area contributed by atoms with Crippen molar-refractivity contribution in [2.45, 2.75) is 5.03 Å². The van der Waals surface area contributed by atoms with Gasteiger partial charge in [0.05, 0.1) is 28.2 Å². The molecular weight excluding hydrogens is 413 g/mol. The fraction of sp³-hybridized carbons (Fsp3) is 0.118. The van der Waals surface area contributed by atoms with Gasteiger partial charge in [-0.2, -0.15) is 0 Å². The first-order chi connectivity index (χ1) is 13.0. The Labute approximate surface area is 168 Å². The zero-order chi connectivity index (χ0) is 19.4. The number of thioether (sulfide) groups is 1. The maximum atomic E-state index is 12.2. The van der Waals surface area contributed by atoms with Crippen molar-refractivity contribution in [3.05, 3.63) is 52.5 Å². The lowest BCUT2D eigenvalue weighted by atomic mass is 10.3. The third-order valence-corrected chi connectivity index (χ3v) is 5.19. The fourth-order valence-corrected chi connectivity index (χ4v) is 3.21. The van der Waals surface area contributed by atoms with Crippen LogP contribution in [-0.2, 0) is 4.79 Å². The van der Waals surface area contributed by atoms with Crippen LogP contribution >= 0.6 is 35.0 Å². The van der Waals surface area contributed by atoms with Gasteiger partial charge in [0, 0.05) is 17.8 Å². The third kappa shape index (κ3) is 4.65. The van der Waals surface area contributed by atoms with E-state index in [1.807, 2.05) is 0 Å². The molecule has 0 radical (unpaired) electrons. The smallest absolute Gasteiger partial charge is 0.298 e. The molecule has 3 aromatic rings. The fourth-order valence-electron chi connectivity index (χ4n) is 2.15. The Morgan fingerprint density at radius 2 is 2.00 bits per heavy atom. The molecule has 1 aromatic heterocycles. The molecule has 0 aliphatic rings. The number of ether oxygens (including phenoxy) is 1. The van der Waals surface area contributed by atoms with Crippen molar-refractivity contribution >= 4 is 46.6 Å². The number of benzene rings is 2. The van der Waals surface area contributed by atoms with E-state index in [0.29, 0.717) is 27.2 Å². The second-order valence-corrected chi connectivity index (χ2v) is 7.02. The van der Waals surface area contributed by atoms with Gasteiger partial charge >= 0.3 is 0 Å². The van der Waals surface area contributed by atoms with Crippen molar-refractivity contribution in [3.8, 4) is 17.4 Å². The Kier molecular flexibility index (Phi) is 6.10. The lowest BCUT2D eigenvalue weighted by molar-refractivity contribution is -0.705. The highest BCUT2D eigenvalue weighted by atomic mass is 35.5. The minimum Gasteiger partial charge on any atom is -0.538 e. The summed E-state index contributed by atoms with van der Waals surface area (Å²) in [5.74, 6) is -0.300. The molecular formula is C17H13Cl2N3O4S. The Hall–Kier alpha value is -2.42. The standard InChI is InChI=1S/C17H13Cl2N3O4S/c1-25-12-5-3-11(4-6-12)22-16(17(24)26-21-22)27-9-15(23)20-10-2-7-13(18)14(19)8-10/h2-8H,9H2,1H3,(H-,20,21,23,24). The van der Waals surface area contributed by atoms with Gasteiger partial charge in [0.25, 0.3) is 5.03 Å². The van der Waals surface area contributed by atoms with Gasteiger partial charge in [-0.05, 0) is 46.8 Å². The Morgan fingerprint density at radius 3 is 2.67 bits per heavy atom. The Bertz CT molecular complexity index is 963. The summed E-state index contributed by atoms with van der Waals surface area (Å²) in [6.45, 7) is 0. The number of carbonyl (C=O) groups excluding carboxylic acids is 1. The van der Waals surface area contributed by atoms with Crippen LogP contribution in [0.25, 0.3) is 5.69 Å². The number of rotatable bonds is 6. The minimum absolute atomic E-state index is 0.0210. The number of carbonyl (C=O) groups is 1. The first kappa shape index (κ1) is 19.3. The van der Waals surface area contributed by atoms with E-state index in [9.17, 15) is 9.90 Å². The van der Waals surface area contributed by atoms with Gasteiger partial charge in [-0.25, -0.2) is 0 Å². The number of nitrogens with one attached hydrogen (secondary N) is 1. The topological polar surface area (TPSA) is 91.3 Å². The predicted molar refractivity (Wildman–Crippen MR) is 99.8 cm³/mol. The molecule has 0 fully saturated rings. The van der Waals surface area contributed by atoms with Crippen molar-refractivity contribution in [1.29, 1.82) is 0 Å². The maximum absolute atomic E-state index is 12.2. The number of nitrogens with zero attached hydrogens (tertiary/aromatic N) is 2. The van der Waals surface area contributed by atoms with E-state index in [-0.39, 0.29) is 16.7 Å². The Morgan fingerprint density at radius 1 is 1.26 bits per heavy atom. The third-order valence-electron chi connectivity index (χ3n) is 3.43. The van der Waals surface area contributed by atoms with Crippen LogP contribution < -0.4 is 19.8 Å². The van der Waals surface area contributed by atoms with E-state index in [0.717, 1.165) is 11.8 Å². The average molecular weight is 426 g/mol. The summed E-state index contributed by atoms with van der Waals surface area (Å²) in [5, 5.41) is 19.3. The summed E-state index contributed by atoms with van der Waals surface area (Å²) in [6.07, 6.45) is 0. The summed E-state index contributed by atoms with van der Waals surface area (Å²) < 4.78 is 11.2. The molecule has 3 rings (SSSR count). The molecule has 7 nitrogen and oxygen atoms in total. The zero-order valence-electron chi connectivity index (χ0n) is 13.9. The maximum Gasteiger partial charge on any atom is 0.298 e. The van der Waals surface area contributed by atoms with Crippen molar-refractivity contribution in [2.24, 2.45) is 0 Å². The van der Waals surface area contributed by atoms with Gasteiger partial charge in [-0.1, -0.05) is 23.2 Å². The second kappa shape index (κ2) is 8.51. The molecule has 1 N–H and O–H groups in total. The molecule has 2 aromatic carbocycles. The minimum atomic E-state index is -0.627. The molecule has 140 valence electrons. The highest BCUT2D eigenvalue weighted by molar-refractivity contribution is 7.99. The Balaban J connectivity index is 1.69. The van der Waals surface area contributed by atoms with Gasteiger partial charge in [0.1, 0.15) is 5.75 Å². The van der Waals surface area contributed by atoms with Gasteiger partial charge in [-0.3, -0.25) is 4.79 Å². The number of aromatic nitrogens is 2. The molecule has 27 heavy (non-hydrogen) atoms. The molecule has 0 bridgehead atoms. The van der Waals surface area contributed by atoms with Crippen molar-refractivity contribution in [1.82, 2.24) is 5.27 Å². The van der Waals surface area contributed by atoms with Crippen LogP contribution in [0.15, 0.2) is 52.0 Å². The molecule has 1 heterocycles. The first-order valence-corrected chi connectivity index (χ1v) is 9.33. The number of hydrogen-bond donors (Lipinski definition) is 1. The van der Waals surface area contributed by atoms with Crippen molar-refractivity contribution < 1.29 is 23.8 Å². The number of amides is 1. The summed E-state index contributed by atoms with van der Waals surface area (Å²) in [7, 11) is 1.56. The van der Waals surface area contributed by atoms with Crippen LogP contribution in [0.5, 0.6) is 11.7 Å². The predicted octanol–water partition coefficient (Wildman–Crippen LogP) is 3.07. The van der Waals surface area contributed by atoms with Gasteiger partial charge in [-0.15, -0.1) is 0 Å². The summed E-state index contributed by atoms with van der Waals surface area (Å²) in [5.41, 5.74) is 1.11. The van der Waals surface area contributed by atoms with Crippen LogP contribution in [0.3, 0.4) is 0 Å². The summed E-state index contributed by atoms with van der Waals surface area (Å²) >= 11 is 12.8. The molecule has 0 atom stereocenters. The highest BCUT2D eigenvalue weighted by Gasteiger charge is 2.22. The second-order valence-electron chi connectivity index (χ2n) is 5.24. The molecule has 0 spiro atoms. The van der Waals surface area contributed by atoms with Crippen LogP contribution in [0, 0.1) is 0 Å². The SMILES string of the molecule is COc1ccc(-[n+]2noc([O-])c2SCC(=O)Nc2ccc(Cl)c(Cl)c2)cc1. The van der Waals surface area contributed by atoms with Crippen LogP contribution in [-0.4, -0.2) is 24.0 Å². The number of hydrogen-bond acceptors (Lipinski definition) is 6. The highest BCUT2D eigenvalue weighted by Crippen LogP contribution is 2.26. The number of anilines is 1. The quantitative estimate of drug-likeness (QED) is 0.481. The lowest BCUT2D eigenvalue weighted by Gasteiger charge is -2.05. The average Bonchev–Trinajstić information content (AvgIpc) is 3.03. The zero-order valence-corrected chi connectivity index (χ0v) is 16.3. The van der Waals surface area contributed by atoms with Gasteiger partial charge in [0.2, 0.25) is 11.6 Å². The van der Waals surface area contributed by atoms with E-state index in [1.54, 1.807) is 49.6 Å². The van der Waals surface area contributed by atoms with E-state index >= 15 is 0 Å². The van der Waals surface area contributed by atoms with Crippen LogP contribution in [0.4, 0.5) is 5.69 Å². The monoisotopic (exact) mass is 425 g/mol. The molecule has 10 heteroatoms. The number of halogens is 2. The van der Waals surface area contributed by atoms with Gasteiger partial charge in [0.15, 0.2) is 5.95 Å². The molecule has 0 aliphatic heterocycles. The van der Waals surface area contributed by atoms with E-state index in [1.165, 1.54) is 4.68 Å². The van der Waals surface area contributed by atoms with Crippen LogP contribution in [0.1, 0.15) is 0 Å². The lowest BCUT2D eigenvalue weighted by Crippen LogP contribution is -2.35. The molecule has 0 aliphatic carbocycles. The number of methoxy groups -OCH3 is 1. The molecule has 1 amide bonds. The van der Waals surface area contributed by atoms with Crippen LogP contribution in [0.2, 0.25) is 10.0 Å². The molecule has 0 unspecified atom stereocenters. The van der Waals surface area contributed by atoms with Crippen molar-refractivity contribution in [2.75, 3.05) is 18.2 Å². The van der Waals surface area contributed by atoms with E-state index in [2.05, 4.69) is 10.6 Å². The van der Waals surface area contributed by atoms with E-state index < -0.39 is 5.95 Å². The molecule has 0 saturated heterocycles. The summed E-state index contributed by atoms with van der Waals surface area (Å²) in [6, 6.07) is 11.7. The van der Waals surface area contributed by atoms with Gasteiger partial charge < -0.3 is 19.7 Å². The summed E-state index contributed by atoms with van der Waals surface area (Å²) in [4.78, 5) is 12.2. The normalized spacial score (nSPS) is 10.6. The first-order valence-electron chi connectivity index (χ1n) is 7.59. The molecule has 0 saturated carbocycles. The van der Waals surface area contributed by atoms with E-state index in [4.69, 9.17) is 32.5 Å². The largest absolute Gasteiger partial charge is 0.538 e.